The Hall–Kier alpha value is -2.85. The first-order chi connectivity index (χ1) is 13.7. The van der Waals surface area contributed by atoms with E-state index in [9.17, 15) is 4.79 Å². The SMILES string of the molecule is COCCOC1CCC(n2ncc3nc(-n4ccnc4)nc(C(N)=O)c32)CC1. The van der Waals surface area contributed by atoms with Crippen LogP contribution in [-0.4, -0.2) is 61.6 Å². The molecule has 1 fully saturated rings. The molecule has 0 aliphatic heterocycles. The predicted molar refractivity (Wildman–Crippen MR) is 100 cm³/mol. The van der Waals surface area contributed by atoms with Crippen molar-refractivity contribution in [1.82, 2.24) is 29.3 Å². The highest BCUT2D eigenvalue weighted by Crippen LogP contribution is 2.32. The minimum atomic E-state index is -0.605. The molecule has 2 N–H and O–H groups in total. The van der Waals surface area contributed by atoms with E-state index in [0.29, 0.717) is 30.2 Å². The van der Waals surface area contributed by atoms with Gasteiger partial charge in [0.15, 0.2) is 5.69 Å². The summed E-state index contributed by atoms with van der Waals surface area (Å²) in [6.45, 7) is 1.20. The maximum Gasteiger partial charge on any atom is 0.269 e. The number of primary amides is 1. The Bertz CT molecular complexity index is 946. The Morgan fingerprint density at radius 1 is 1.25 bits per heavy atom. The molecule has 0 bridgehead atoms. The van der Waals surface area contributed by atoms with Crippen molar-refractivity contribution >= 4 is 16.9 Å². The van der Waals surface area contributed by atoms with Crippen LogP contribution < -0.4 is 5.73 Å². The minimum absolute atomic E-state index is 0.153. The van der Waals surface area contributed by atoms with E-state index >= 15 is 0 Å². The molecule has 4 rings (SSSR count). The van der Waals surface area contributed by atoms with Crippen molar-refractivity contribution in [2.75, 3.05) is 20.3 Å². The number of fused-ring (bicyclic) bond motifs is 1. The molecule has 1 aliphatic rings. The Balaban J connectivity index is 1.60. The molecule has 148 valence electrons. The van der Waals surface area contributed by atoms with Gasteiger partial charge in [-0.2, -0.15) is 5.10 Å². The Morgan fingerprint density at radius 3 is 2.75 bits per heavy atom. The van der Waals surface area contributed by atoms with Crippen molar-refractivity contribution < 1.29 is 14.3 Å². The molecule has 3 aromatic heterocycles. The molecule has 1 saturated carbocycles. The van der Waals surface area contributed by atoms with Gasteiger partial charge in [-0.25, -0.2) is 15.0 Å². The number of carbonyl (C=O) groups is 1. The molecule has 1 amide bonds. The number of methoxy groups -OCH3 is 1. The van der Waals surface area contributed by atoms with E-state index in [1.54, 1.807) is 36.6 Å². The molecule has 0 saturated heterocycles. The van der Waals surface area contributed by atoms with Crippen molar-refractivity contribution in [2.24, 2.45) is 5.73 Å². The number of nitrogens with zero attached hydrogens (tertiary/aromatic N) is 6. The van der Waals surface area contributed by atoms with Crippen LogP contribution in [-0.2, 0) is 9.47 Å². The fraction of sp³-hybridized carbons (Fsp3) is 0.500. The van der Waals surface area contributed by atoms with Gasteiger partial charge in [-0.15, -0.1) is 0 Å². The normalized spacial score (nSPS) is 19.9. The summed E-state index contributed by atoms with van der Waals surface area (Å²) in [4.78, 5) is 25.0. The first-order valence-corrected chi connectivity index (χ1v) is 9.31. The smallest absolute Gasteiger partial charge is 0.269 e. The summed E-state index contributed by atoms with van der Waals surface area (Å²) >= 11 is 0. The summed E-state index contributed by atoms with van der Waals surface area (Å²) in [5, 5.41) is 4.51. The van der Waals surface area contributed by atoms with Crippen LogP contribution in [0.3, 0.4) is 0 Å². The zero-order valence-electron chi connectivity index (χ0n) is 15.7. The first-order valence-electron chi connectivity index (χ1n) is 9.31. The monoisotopic (exact) mass is 385 g/mol. The van der Waals surface area contributed by atoms with E-state index in [-0.39, 0.29) is 17.8 Å². The van der Waals surface area contributed by atoms with Crippen molar-refractivity contribution in [3.63, 3.8) is 0 Å². The molecule has 0 unspecified atom stereocenters. The lowest BCUT2D eigenvalue weighted by molar-refractivity contribution is -0.00690. The van der Waals surface area contributed by atoms with E-state index in [4.69, 9.17) is 15.2 Å². The highest BCUT2D eigenvalue weighted by Gasteiger charge is 2.27. The summed E-state index contributed by atoms with van der Waals surface area (Å²) in [5.74, 6) is -0.263. The predicted octanol–water partition coefficient (Wildman–Crippen LogP) is 1.26. The molecular formula is C18H23N7O3. The summed E-state index contributed by atoms with van der Waals surface area (Å²) < 4.78 is 14.3. The molecule has 10 nitrogen and oxygen atoms in total. The van der Waals surface area contributed by atoms with Crippen LogP contribution in [0.15, 0.2) is 24.9 Å². The summed E-state index contributed by atoms with van der Waals surface area (Å²) in [7, 11) is 1.67. The van der Waals surface area contributed by atoms with Gasteiger partial charge in [0.2, 0.25) is 5.95 Å². The van der Waals surface area contributed by atoms with Crippen LogP contribution in [0.4, 0.5) is 0 Å². The average Bonchev–Trinajstić information content (AvgIpc) is 3.38. The van der Waals surface area contributed by atoms with Gasteiger partial charge in [0, 0.05) is 19.5 Å². The third kappa shape index (κ3) is 3.60. The summed E-state index contributed by atoms with van der Waals surface area (Å²) in [6, 6.07) is 0.153. The van der Waals surface area contributed by atoms with Crippen LogP contribution in [0.25, 0.3) is 17.0 Å². The topological polar surface area (TPSA) is 123 Å². The molecule has 1 aliphatic carbocycles. The Kier molecular flexibility index (Phi) is 5.31. The van der Waals surface area contributed by atoms with E-state index in [1.807, 2.05) is 4.68 Å². The van der Waals surface area contributed by atoms with Crippen LogP contribution in [0, 0.1) is 0 Å². The highest BCUT2D eigenvalue weighted by atomic mass is 16.5. The first kappa shape index (κ1) is 18.5. The van der Waals surface area contributed by atoms with E-state index in [0.717, 1.165) is 25.7 Å². The van der Waals surface area contributed by atoms with Crippen molar-refractivity contribution in [3.05, 3.63) is 30.6 Å². The van der Waals surface area contributed by atoms with Crippen molar-refractivity contribution in [3.8, 4) is 5.95 Å². The second-order valence-corrected chi connectivity index (χ2v) is 6.82. The van der Waals surface area contributed by atoms with Gasteiger partial charge in [-0.1, -0.05) is 0 Å². The molecule has 0 atom stereocenters. The molecule has 0 aromatic carbocycles. The van der Waals surface area contributed by atoms with Crippen molar-refractivity contribution in [1.29, 1.82) is 0 Å². The zero-order valence-corrected chi connectivity index (χ0v) is 15.7. The number of nitrogens with two attached hydrogens (primary N) is 1. The second kappa shape index (κ2) is 8.03. The molecule has 10 heteroatoms. The number of hydrogen-bond donors (Lipinski definition) is 1. The lowest BCUT2D eigenvalue weighted by Gasteiger charge is -2.29. The quantitative estimate of drug-likeness (QED) is 0.607. The highest BCUT2D eigenvalue weighted by molar-refractivity contribution is 6.02. The lowest BCUT2D eigenvalue weighted by atomic mass is 9.93. The fourth-order valence-electron chi connectivity index (χ4n) is 3.65. The molecule has 3 heterocycles. The maximum atomic E-state index is 12.1. The van der Waals surface area contributed by atoms with Crippen LogP contribution in [0.1, 0.15) is 42.2 Å². The third-order valence-electron chi connectivity index (χ3n) is 5.03. The van der Waals surface area contributed by atoms with Crippen molar-refractivity contribution in [2.45, 2.75) is 37.8 Å². The van der Waals surface area contributed by atoms with E-state index < -0.39 is 5.91 Å². The number of hydrogen-bond acceptors (Lipinski definition) is 7. The van der Waals surface area contributed by atoms with E-state index in [2.05, 4.69) is 20.1 Å². The van der Waals surface area contributed by atoms with Crippen LogP contribution >= 0.6 is 0 Å². The Morgan fingerprint density at radius 2 is 2.07 bits per heavy atom. The third-order valence-corrected chi connectivity index (χ3v) is 5.03. The molecule has 0 radical (unpaired) electrons. The molecule has 3 aromatic rings. The number of aromatic nitrogens is 6. The number of amides is 1. The Labute approximate surface area is 161 Å². The average molecular weight is 385 g/mol. The lowest BCUT2D eigenvalue weighted by Crippen LogP contribution is -2.26. The van der Waals surface area contributed by atoms with Gasteiger partial charge < -0.3 is 15.2 Å². The van der Waals surface area contributed by atoms with Gasteiger partial charge >= 0.3 is 0 Å². The second-order valence-electron chi connectivity index (χ2n) is 6.82. The summed E-state index contributed by atoms with van der Waals surface area (Å²) in [6.07, 6.45) is 10.4. The largest absolute Gasteiger partial charge is 0.382 e. The van der Waals surface area contributed by atoms with Gasteiger partial charge in [0.1, 0.15) is 17.4 Å². The minimum Gasteiger partial charge on any atom is -0.382 e. The summed E-state index contributed by atoms with van der Waals surface area (Å²) in [5.41, 5.74) is 6.97. The van der Waals surface area contributed by atoms with Crippen LogP contribution in [0.2, 0.25) is 0 Å². The maximum absolute atomic E-state index is 12.1. The number of ether oxygens (including phenoxy) is 2. The number of carbonyl (C=O) groups excluding carboxylic acids is 1. The van der Waals surface area contributed by atoms with Gasteiger partial charge in [-0.05, 0) is 25.7 Å². The molecule has 28 heavy (non-hydrogen) atoms. The van der Waals surface area contributed by atoms with Gasteiger partial charge in [-0.3, -0.25) is 14.0 Å². The fourth-order valence-corrected chi connectivity index (χ4v) is 3.65. The van der Waals surface area contributed by atoms with Crippen LogP contribution in [0.5, 0.6) is 0 Å². The van der Waals surface area contributed by atoms with Gasteiger partial charge in [0.05, 0.1) is 31.6 Å². The number of imidazole rings is 1. The number of rotatable bonds is 7. The molecular weight excluding hydrogens is 362 g/mol. The standard InChI is InChI=1S/C18H23N7O3/c1-27-8-9-28-13-4-2-12(3-5-13)25-16-14(10-21-25)22-18(23-15(16)17(19)26)24-7-6-20-11-24/h6-7,10-13H,2-5,8-9H2,1H3,(H2,19,26). The molecule has 0 spiro atoms. The van der Waals surface area contributed by atoms with E-state index in [1.165, 1.54) is 0 Å². The van der Waals surface area contributed by atoms with Gasteiger partial charge in [0.25, 0.3) is 5.91 Å². The zero-order chi connectivity index (χ0) is 19.5.